The van der Waals surface area contributed by atoms with Crippen molar-refractivity contribution < 1.29 is 13.2 Å². The first-order valence-electron chi connectivity index (χ1n) is 8.55. The van der Waals surface area contributed by atoms with E-state index in [1.807, 2.05) is 6.92 Å². The molecule has 27 heavy (non-hydrogen) atoms. The van der Waals surface area contributed by atoms with E-state index in [9.17, 15) is 8.42 Å². The van der Waals surface area contributed by atoms with Crippen molar-refractivity contribution >= 4 is 38.5 Å². The zero-order valence-corrected chi connectivity index (χ0v) is 15.8. The van der Waals surface area contributed by atoms with Gasteiger partial charge in [-0.05, 0) is 31.2 Å². The van der Waals surface area contributed by atoms with Crippen molar-refractivity contribution in [2.45, 2.75) is 17.9 Å². The number of hydrogen-bond acceptors (Lipinski definition) is 8. The second-order valence-electron chi connectivity index (χ2n) is 6.52. The third-order valence-corrected chi connectivity index (χ3v) is 5.46. The van der Waals surface area contributed by atoms with Gasteiger partial charge in [0.2, 0.25) is 5.95 Å². The Bertz CT molecular complexity index is 1060. The number of nitrogens with zero attached hydrogens (tertiary/aromatic N) is 4. The normalized spacial score (nSPS) is 18.0. The molecule has 3 heterocycles. The number of fused-ring (bicyclic) bond motifs is 1. The molecule has 0 unspecified atom stereocenters. The van der Waals surface area contributed by atoms with Crippen molar-refractivity contribution in [1.82, 2.24) is 19.9 Å². The molecular weight excluding hydrogens is 368 g/mol. The predicted octanol–water partition coefficient (Wildman–Crippen LogP) is 1.73. The SMILES string of the molecule is C[C@@H]1CN(c2nc(Nc3ccc(S(C)(=O)=O)cc3)c3nc[nH]c3n2)CCO1. The molecule has 0 bridgehead atoms. The highest BCUT2D eigenvalue weighted by Crippen LogP contribution is 2.25. The highest BCUT2D eigenvalue weighted by molar-refractivity contribution is 7.90. The van der Waals surface area contributed by atoms with E-state index < -0.39 is 9.84 Å². The monoisotopic (exact) mass is 388 g/mol. The molecule has 142 valence electrons. The van der Waals surface area contributed by atoms with Gasteiger partial charge in [-0.15, -0.1) is 0 Å². The maximum absolute atomic E-state index is 11.6. The van der Waals surface area contributed by atoms with Crippen LogP contribution in [0.25, 0.3) is 11.2 Å². The van der Waals surface area contributed by atoms with Crippen molar-refractivity contribution in [3.05, 3.63) is 30.6 Å². The lowest BCUT2D eigenvalue weighted by Gasteiger charge is -2.31. The number of ether oxygens (including phenoxy) is 1. The highest BCUT2D eigenvalue weighted by atomic mass is 32.2. The van der Waals surface area contributed by atoms with Crippen LogP contribution in [0.4, 0.5) is 17.5 Å². The smallest absolute Gasteiger partial charge is 0.229 e. The van der Waals surface area contributed by atoms with Crippen LogP contribution < -0.4 is 10.2 Å². The van der Waals surface area contributed by atoms with Crippen molar-refractivity contribution in [1.29, 1.82) is 0 Å². The number of imidazole rings is 1. The minimum atomic E-state index is -3.23. The fraction of sp³-hybridized carbons (Fsp3) is 0.353. The number of nitrogens with one attached hydrogen (secondary N) is 2. The highest BCUT2D eigenvalue weighted by Gasteiger charge is 2.21. The molecule has 1 aliphatic rings. The molecule has 4 rings (SSSR count). The molecule has 9 nitrogen and oxygen atoms in total. The molecule has 0 amide bonds. The molecule has 3 aromatic rings. The number of aromatic nitrogens is 4. The van der Waals surface area contributed by atoms with Crippen LogP contribution in [0.5, 0.6) is 0 Å². The Morgan fingerprint density at radius 2 is 2.04 bits per heavy atom. The molecule has 0 aliphatic carbocycles. The van der Waals surface area contributed by atoms with Gasteiger partial charge in [-0.25, -0.2) is 13.4 Å². The molecule has 1 saturated heterocycles. The maximum Gasteiger partial charge on any atom is 0.229 e. The van der Waals surface area contributed by atoms with Crippen LogP contribution in [0, 0.1) is 0 Å². The quantitative estimate of drug-likeness (QED) is 0.695. The van der Waals surface area contributed by atoms with E-state index in [1.165, 1.54) is 6.26 Å². The molecular formula is C17H20N6O3S. The van der Waals surface area contributed by atoms with Gasteiger partial charge in [0.1, 0.15) is 0 Å². The summed E-state index contributed by atoms with van der Waals surface area (Å²) in [5.41, 5.74) is 1.97. The summed E-state index contributed by atoms with van der Waals surface area (Å²) in [5.74, 6) is 1.15. The Hall–Kier alpha value is -2.72. The average molecular weight is 388 g/mol. The number of hydrogen-bond donors (Lipinski definition) is 2. The lowest BCUT2D eigenvalue weighted by atomic mass is 10.3. The van der Waals surface area contributed by atoms with Gasteiger partial charge in [0, 0.05) is 25.0 Å². The summed E-state index contributed by atoms with van der Waals surface area (Å²) in [4.78, 5) is 18.9. The fourth-order valence-corrected chi connectivity index (χ4v) is 3.61. The van der Waals surface area contributed by atoms with E-state index in [2.05, 4.69) is 30.2 Å². The third-order valence-electron chi connectivity index (χ3n) is 4.34. The van der Waals surface area contributed by atoms with E-state index in [-0.39, 0.29) is 11.0 Å². The Kier molecular flexibility index (Phi) is 4.44. The summed E-state index contributed by atoms with van der Waals surface area (Å²) < 4.78 is 28.8. The van der Waals surface area contributed by atoms with E-state index in [0.717, 1.165) is 0 Å². The average Bonchev–Trinajstić information content (AvgIpc) is 3.10. The van der Waals surface area contributed by atoms with Gasteiger partial charge in [-0.1, -0.05) is 0 Å². The molecule has 0 saturated carbocycles. The van der Waals surface area contributed by atoms with Crippen LogP contribution in [-0.2, 0) is 14.6 Å². The number of anilines is 3. The lowest BCUT2D eigenvalue weighted by molar-refractivity contribution is 0.0526. The number of sulfone groups is 1. The minimum absolute atomic E-state index is 0.111. The Balaban J connectivity index is 1.67. The number of benzene rings is 1. The molecule has 1 aromatic carbocycles. The van der Waals surface area contributed by atoms with Crippen molar-refractivity contribution in [3.8, 4) is 0 Å². The number of rotatable bonds is 4. The molecule has 1 aliphatic heterocycles. The number of aromatic amines is 1. The first-order valence-corrected chi connectivity index (χ1v) is 10.4. The van der Waals surface area contributed by atoms with Crippen LogP contribution in [-0.4, -0.2) is 60.4 Å². The molecule has 10 heteroatoms. The van der Waals surface area contributed by atoms with Crippen LogP contribution in [0.3, 0.4) is 0 Å². The Morgan fingerprint density at radius 3 is 2.74 bits per heavy atom. The molecule has 1 fully saturated rings. The van der Waals surface area contributed by atoms with Gasteiger partial charge in [0.15, 0.2) is 26.8 Å². The van der Waals surface area contributed by atoms with Gasteiger partial charge in [-0.3, -0.25) is 0 Å². The second-order valence-corrected chi connectivity index (χ2v) is 8.54. The molecule has 2 N–H and O–H groups in total. The largest absolute Gasteiger partial charge is 0.375 e. The van der Waals surface area contributed by atoms with E-state index >= 15 is 0 Å². The molecule has 0 radical (unpaired) electrons. The van der Waals surface area contributed by atoms with E-state index in [4.69, 9.17) is 4.74 Å². The van der Waals surface area contributed by atoms with Crippen molar-refractivity contribution in [3.63, 3.8) is 0 Å². The molecule has 0 spiro atoms. The summed E-state index contributed by atoms with van der Waals surface area (Å²) in [6.45, 7) is 4.07. The zero-order valence-electron chi connectivity index (χ0n) is 15.0. The zero-order chi connectivity index (χ0) is 19.0. The van der Waals surface area contributed by atoms with Crippen molar-refractivity contribution in [2.75, 3.05) is 36.2 Å². The first-order chi connectivity index (χ1) is 12.9. The van der Waals surface area contributed by atoms with Gasteiger partial charge in [0.25, 0.3) is 0 Å². The molecule has 1 atom stereocenters. The number of morpholine rings is 1. The summed E-state index contributed by atoms with van der Waals surface area (Å²) >= 11 is 0. The van der Waals surface area contributed by atoms with E-state index in [1.54, 1.807) is 30.6 Å². The van der Waals surface area contributed by atoms with E-state index in [0.29, 0.717) is 48.3 Å². The second kappa shape index (κ2) is 6.78. The van der Waals surface area contributed by atoms with Gasteiger partial charge in [0.05, 0.1) is 23.9 Å². The predicted molar refractivity (Wildman–Crippen MR) is 102 cm³/mol. The van der Waals surface area contributed by atoms with Crippen LogP contribution in [0.15, 0.2) is 35.5 Å². The standard InChI is InChI=1S/C17H20N6O3S/c1-11-9-23(7-8-26-11)17-21-15-14(18-10-19-15)16(22-17)20-12-3-5-13(6-4-12)27(2,24)25/h3-6,10-11H,7-9H2,1-2H3,(H2,18,19,20,21,22)/t11-/m1/s1. The van der Waals surface area contributed by atoms with Crippen molar-refractivity contribution in [2.24, 2.45) is 0 Å². The summed E-state index contributed by atoms with van der Waals surface area (Å²) in [7, 11) is -3.23. The van der Waals surface area contributed by atoms with Crippen LogP contribution in [0.1, 0.15) is 6.92 Å². The van der Waals surface area contributed by atoms with Gasteiger partial charge >= 0.3 is 0 Å². The fourth-order valence-electron chi connectivity index (χ4n) is 2.97. The topological polar surface area (TPSA) is 113 Å². The summed E-state index contributed by atoms with van der Waals surface area (Å²) in [6.07, 6.45) is 2.87. The Labute approximate surface area is 156 Å². The Morgan fingerprint density at radius 1 is 1.26 bits per heavy atom. The third kappa shape index (κ3) is 3.71. The summed E-state index contributed by atoms with van der Waals surface area (Å²) in [6, 6.07) is 6.53. The minimum Gasteiger partial charge on any atom is -0.375 e. The lowest BCUT2D eigenvalue weighted by Crippen LogP contribution is -2.42. The molecule has 2 aromatic heterocycles. The first kappa shape index (κ1) is 17.7. The van der Waals surface area contributed by atoms with Gasteiger partial charge < -0.3 is 19.9 Å². The number of H-pyrrole nitrogens is 1. The van der Waals surface area contributed by atoms with Gasteiger partial charge in [-0.2, -0.15) is 9.97 Å². The summed E-state index contributed by atoms with van der Waals surface area (Å²) in [5, 5.41) is 3.22. The van der Waals surface area contributed by atoms with Crippen LogP contribution in [0.2, 0.25) is 0 Å². The van der Waals surface area contributed by atoms with Crippen LogP contribution >= 0.6 is 0 Å². The maximum atomic E-state index is 11.6.